The molecule has 0 saturated heterocycles. The fraction of sp³-hybridized carbons (Fsp3) is 0.250. The van der Waals surface area contributed by atoms with E-state index in [1.54, 1.807) is 19.2 Å². The average Bonchev–Trinajstić information content (AvgIpc) is 2.55. The Balaban J connectivity index is 1.88. The van der Waals surface area contributed by atoms with Gasteiger partial charge in [0.2, 0.25) is 0 Å². The van der Waals surface area contributed by atoms with Crippen LogP contribution in [0.1, 0.15) is 5.56 Å². The molecule has 0 aliphatic heterocycles. The van der Waals surface area contributed by atoms with E-state index >= 15 is 0 Å². The minimum atomic E-state index is -0.350. The number of hydrogen-bond donors (Lipinski definition) is 0. The molecule has 7 heteroatoms. The Morgan fingerprint density at radius 1 is 1.22 bits per heavy atom. The second kappa shape index (κ2) is 7.95. The summed E-state index contributed by atoms with van der Waals surface area (Å²) in [6.07, 6.45) is 4.12. The molecule has 0 N–H and O–H groups in total. The van der Waals surface area contributed by atoms with Crippen LogP contribution < -0.4 is 11.2 Å². The monoisotopic (exact) mass is 350 g/mol. The van der Waals surface area contributed by atoms with E-state index in [0.717, 1.165) is 10.1 Å². The van der Waals surface area contributed by atoms with E-state index < -0.39 is 0 Å². The van der Waals surface area contributed by atoms with Crippen molar-refractivity contribution in [3.05, 3.63) is 61.9 Å². The quantitative estimate of drug-likeness (QED) is 0.625. The maximum atomic E-state index is 11.9. The van der Waals surface area contributed by atoms with Gasteiger partial charge in [0.05, 0.1) is 10.6 Å². The molecule has 5 nitrogen and oxygen atoms in total. The maximum Gasteiger partial charge on any atom is 0.330 e. The largest absolute Gasteiger partial charge is 0.442 e. The first kappa shape index (κ1) is 17.3. The summed E-state index contributed by atoms with van der Waals surface area (Å²) >= 11 is 7.07. The molecule has 0 atom stereocenters. The fourth-order valence-corrected chi connectivity index (χ4v) is 2.67. The Kier molecular flexibility index (Phi) is 5.97. The number of ether oxygens (including phenoxy) is 1. The lowest BCUT2D eigenvalue weighted by atomic mass is 10.2. The van der Waals surface area contributed by atoms with Gasteiger partial charge in [-0.1, -0.05) is 23.7 Å². The fourth-order valence-electron chi connectivity index (χ4n) is 1.77. The summed E-state index contributed by atoms with van der Waals surface area (Å²) in [6.45, 7) is 0.371. The Hall–Kier alpha value is -2.10. The van der Waals surface area contributed by atoms with Gasteiger partial charge in [0.25, 0.3) is 5.56 Å². The van der Waals surface area contributed by atoms with Gasteiger partial charge in [-0.3, -0.25) is 9.36 Å². The molecule has 0 radical (unpaired) electrons. The van der Waals surface area contributed by atoms with Crippen LogP contribution in [0.3, 0.4) is 0 Å². The van der Waals surface area contributed by atoms with Crippen molar-refractivity contribution in [3.63, 3.8) is 0 Å². The van der Waals surface area contributed by atoms with Gasteiger partial charge in [-0.2, -0.15) is 0 Å². The molecule has 2 aromatic rings. The lowest BCUT2D eigenvalue weighted by Crippen LogP contribution is -2.37. The molecule has 0 amide bonds. The van der Waals surface area contributed by atoms with Gasteiger partial charge in [0.1, 0.15) is 12.7 Å². The van der Waals surface area contributed by atoms with Crippen molar-refractivity contribution in [3.8, 4) is 12.0 Å². The predicted molar refractivity (Wildman–Crippen MR) is 91.7 cm³/mol. The molecule has 0 unspecified atom stereocenters. The third-order valence-corrected chi connectivity index (χ3v) is 4.14. The van der Waals surface area contributed by atoms with Crippen molar-refractivity contribution in [2.75, 3.05) is 5.75 Å². The van der Waals surface area contributed by atoms with E-state index in [-0.39, 0.29) is 11.2 Å². The molecule has 23 heavy (non-hydrogen) atoms. The smallest absolute Gasteiger partial charge is 0.330 e. The van der Waals surface area contributed by atoms with Crippen LogP contribution in [-0.2, 0) is 25.4 Å². The van der Waals surface area contributed by atoms with Crippen molar-refractivity contribution < 1.29 is 4.74 Å². The minimum absolute atomic E-state index is 0.318. The van der Waals surface area contributed by atoms with Gasteiger partial charge < -0.3 is 9.30 Å². The van der Waals surface area contributed by atoms with Crippen LogP contribution >= 0.6 is 23.4 Å². The highest BCUT2D eigenvalue weighted by Crippen LogP contribution is 2.11. The number of aryl methyl sites for hydroxylation is 1. The number of hydrogen-bond acceptors (Lipinski definition) is 4. The van der Waals surface area contributed by atoms with Crippen molar-refractivity contribution in [1.82, 2.24) is 9.13 Å². The van der Waals surface area contributed by atoms with Crippen molar-refractivity contribution >= 4 is 23.4 Å². The van der Waals surface area contributed by atoms with Crippen LogP contribution in [0.5, 0.6) is 0 Å². The molecular formula is C16H15ClN2O3S. The number of benzene rings is 1. The highest BCUT2D eigenvalue weighted by molar-refractivity contribution is 7.99. The first-order valence-corrected chi connectivity index (χ1v) is 8.09. The molecule has 0 aliphatic carbocycles. The lowest BCUT2D eigenvalue weighted by Gasteiger charge is -2.04. The molecule has 0 bridgehead atoms. The molecule has 0 aliphatic rings. The van der Waals surface area contributed by atoms with E-state index in [0.29, 0.717) is 22.3 Å². The van der Waals surface area contributed by atoms with E-state index in [2.05, 4.69) is 12.0 Å². The van der Waals surface area contributed by atoms with E-state index in [1.807, 2.05) is 12.1 Å². The summed E-state index contributed by atoms with van der Waals surface area (Å²) in [4.78, 5) is 24.0. The van der Waals surface area contributed by atoms with Gasteiger partial charge >= 0.3 is 5.69 Å². The van der Waals surface area contributed by atoms with Crippen molar-refractivity contribution in [1.29, 1.82) is 0 Å². The molecule has 2 rings (SSSR count). The predicted octanol–water partition coefficient (Wildman–Crippen LogP) is 2.01. The number of rotatable bonds is 4. The molecule has 1 heterocycles. The zero-order valence-corrected chi connectivity index (χ0v) is 14.3. The Labute approximate surface area is 142 Å². The Morgan fingerprint density at radius 3 is 2.61 bits per heavy atom. The summed E-state index contributed by atoms with van der Waals surface area (Å²) in [5, 5.41) is 0.676. The number of nitrogens with zero attached hydrogens (tertiary/aromatic N) is 2. The summed E-state index contributed by atoms with van der Waals surface area (Å²) in [6, 6.07) is 7.32. The molecule has 1 aromatic carbocycles. The van der Waals surface area contributed by atoms with Crippen LogP contribution in [0.15, 0.2) is 44.9 Å². The average molecular weight is 351 g/mol. The number of aromatic nitrogens is 2. The molecular weight excluding hydrogens is 336 g/mol. The zero-order valence-electron chi connectivity index (χ0n) is 12.7. The minimum Gasteiger partial charge on any atom is -0.442 e. The molecule has 0 saturated carbocycles. The van der Waals surface area contributed by atoms with E-state index in [4.69, 9.17) is 16.3 Å². The zero-order chi connectivity index (χ0) is 16.8. The molecule has 120 valence electrons. The van der Waals surface area contributed by atoms with Gasteiger partial charge in [-0.15, -0.1) is 11.8 Å². The second-order valence-electron chi connectivity index (χ2n) is 4.73. The van der Waals surface area contributed by atoms with Gasteiger partial charge in [-0.05, 0) is 23.6 Å². The molecule has 0 spiro atoms. The first-order valence-electron chi connectivity index (χ1n) is 6.72. The van der Waals surface area contributed by atoms with Gasteiger partial charge in [0, 0.05) is 25.3 Å². The van der Waals surface area contributed by atoms with Gasteiger partial charge in [-0.25, -0.2) is 4.79 Å². The standard InChI is InChI=1S/C16H15ClN2O3S/c1-18-10-14(15(20)19(2)16(18)21)23-9-3-8-22-11-12-4-6-13(17)7-5-12/h4-7,10H,9,11H2,1-2H3. The molecule has 0 fully saturated rings. The van der Waals surface area contributed by atoms with Crippen LogP contribution in [0.25, 0.3) is 0 Å². The third kappa shape index (κ3) is 4.68. The highest BCUT2D eigenvalue weighted by atomic mass is 35.5. The Morgan fingerprint density at radius 2 is 1.91 bits per heavy atom. The van der Waals surface area contributed by atoms with Crippen LogP contribution in [-0.4, -0.2) is 14.9 Å². The third-order valence-electron chi connectivity index (χ3n) is 3.01. The van der Waals surface area contributed by atoms with Gasteiger partial charge in [0.15, 0.2) is 0 Å². The number of halogens is 1. The highest BCUT2D eigenvalue weighted by Gasteiger charge is 2.06. The SMILES string of the molecule is Cn1cc(SCC#COCc2ccc(Cl)cc2)c(=O)n(C)c1=O. The van der Waals surface area contributed by atoms with Crippen molar-refractivity contribution in [2.45, 2.75) is 11.5 Å². The topological polar surface area (TPSA) is 53.2 Å². The molecule has 1 aromatic heterocycles. The van der Waals surface area contributed by atoms with E-state index in [1.165, 1.54) is 29.6 Å². The lowest BCUT2D eigenvalue weighted by molar-refractivity contribution is 0.265. The van der Waals surface area contributed by atoms with E-state index in [9.17, 15) is 9.59 Å². The summed E-state index contributed by atoms with van der Waals surface area (Å²) in [5.74, 6) is 3.22. The van der Waals surface area contributed by atoms with Crippen molar-refractivity contribution in [2.24, 2.45) is 14.1 Å². The van der Waals surface area contributed by atoms with Crippen LogP contribution in [0.4, 0.5) is 0 Å². The normalized spacial score (nSPS) is 10.0. The summed E-state index contributed by atoms with van der Waals surface area (Å²) in [5.41, 5.74) is 0.307. The Bertz CT molecular complexity index is 860. The number of thioether (sulfide) groups is 1. The van der Waals surface area contributed by atoms with Crippen LogP contribution in [0, 0.1) is 12.0 Å². The van der Waals surface area contributed by atoms with Crippen LogP contribution in [0.2, 0.25) is 5.02 Å². The summed E-state index contributed by atoms with van der Waals surface area (Å²) < 4.78 is 7.68. The first-order chi connectivity index (χ1) is 11.0. The maximum absolute atomic E-state index is 11.9. The second-order valence-corrected chi connectivity index (χ2v) is 6.19. The summed E-state index contributed by atoms with van der Waals surface area (Å²) in [7, 11) is 3.06.